The molecule has 6 N–H and O–H groups in total. The average Bonchev–Trinajstić information content (AvgIpc) is 3.85. The first-order chi connectivity index (χ1) is 27.7. The zero-order valence-electron chi connectivity index (χ0n) is 32.8. The van der Waals surface area contributed by atoms with Crippen LogP contribution in [-0.2, 0) is 41.6 Å². The molecule has 4 aromatic carbocycles. The molecule has 58 heavy (non-hydrogen) atoms. The van der Waals surface area contributed by atoms with Crippen LogP contribution >= 0.6 is 0 Å². The standard InChI is InChI=1S/C45H49N5O8/c1-45(2,3)58-44(57)49-37(24-31-26-47-36-19-10-9-16-33(31)36)42(55)50(41(54)34-18-11-17-32(34)29-13-5-4-6-14-29)43(56)38(25-39(51)52)48-40(53)35(46)23-27-20-21-28-12-7-8-15-30(28)22-27/h4-10,12-16,19-22,26,32,34-35,37-38,47H,11,17-18,23-25,46H2,1-3H3,(H,48,53)(H,49,57)(H,51,52)/t32-,34+,35-,37-,38-/m0/s1. The van der Waals surface area contributed by atoms with Gasteiger partial charge in [0.15, 0.2) is 0 Å². The van der Waals surface area contributed by atoms with E-state index in [1.165, 1.54) is 0 Å². The van der Waals surface area contributed by atoms with Crippen LogP contribution in [0.3, 0.4) is 0 Å². The van der Waals surface area contributed by atoms with Gasteiger partial charge in [-0.25, -0.2) is 9.69 Å². The summed E-state index contributed by atoms with van der Waals surface area (Å²) in [6.45, 7) is 4.95. The minimum Gasteiger partial charge on any atom is -0.481 e. The average molecular weight is 788 g/mol. The van der Waals surface area contributed by atoms with Gasteiger partial charge in [0.05, 0.1) is 12.5 Å². The molecule has 5 atom stereocenters. The second-order valence-electron chi connectivity index (χ2n) is 15.8. The Morgan fingerprint density at radius 3 is 2.22 bits per heavy atom. The van der Waals surface area contributed by atoms with Crippen LogP contribution in [0.25, 0.3) is 21.7 Å². The first kappa shape index (κ1) is 41.3. The number of nitrogens with two attached hydrogens (primary N) is 1. The molecule has 6 rings (SSSR count). The molecule has 1 aromatic heterocycles. The lowest BCUT2D eigenvalue weighted by atomic mass is 9.87. The zero-order chi connectivity index (χ0) is 41.6. The van der Waals surface area contributed by atoms with Gasteiger partial charge in [0.25, 0.3) is 11.8 Å². The number of hydrogen-bond acceptors (Lipinski definition) is 8. The van der Waals surface area contributed by atoms with E-state index < -0.39 is 71.8 Å². The van der Waals surface area contributed by atoms with Crippen molar-refractivity contribution in [2.45, 2.75) is 88.9 Å². The summed E-state index contributed by atoms with van der Waals surface area (Å²) in [6, 6.07) is 25.2. The van der Waals surface area contributed by atoms with Crippen molar-refractivity contribution in [3.05, 3.63) is 120 Å². The number of rotatable bonds is 13. The molecule has 5 amide bonds. The molecule has 0 unspecified atom stereocenters. The SMILES string of the molecule is CC(C)(C)OC(=O)N[C@@H](Cc1c[nH]c2ccccc12)C(=O)N(C(=O)[C@H](CC(=O)O)NC(=O)[C@@H](N)Cc1ccc2ccccc2c1)C(=O)[C@@H]1CCC[C@H]1c1ccccc1. The van der Waals surface area contributed by atoms with Crippen molar-refractivity contribution in [2.75, 3.05) is 0 Å². The van der Waals surface area contributed by atoms with Crippen LogP contribution in [0.2, 0.25) is 0 Å². The molecule has 13 heteroatoms. The normalized spacial score (nSPS) is 16.9. The van der Waals surface area contributed by atoms with Gasteiger partial charge in [-0.1, -0.05) is 97.4 Å². The molecular weight excluding hydrogens is 739 g/mol. The largest absolute Gasteiger partial charge is 0.481 e. The summed E-state index contributed by atoms with van der Waals surface area (Å²) >= 11 is 0. The second kappa shape index (κ2) is 17.9. The number of ether oxygens (including phenoxy) is 1. The van der Waals surface area contributed by atoms with E-state index in [4.69, 9.17) is 10.5 Å². The number of alkyl carbamates (subject to hydrolysis) is 1. The third kappa shape index (κ3) is 9.96. The molecule has 1 aliphatic rings. The molecule has 1 saturated carbocycles. The molecular formula is C45H49N5O8. The van der Waals surface area contributed by atoms with Crippen LogP contribution in [0, 0.1) is 5.92 Å². The third-order valence-electron chi connectivity index (χ3n) is 10.4. The number of fused-ring (bicyclic) bond motifs is 2. The van der Waals surface area contributed by atoms with Crippen molar-refractivity contribution in [1.29, 1.82) is 0 Å². The van der Waals surface area contributed by atoms with Gasteiger partial charge in [0.2, 0.25) is 11.8 Å². The lowest BCUT2D eigenvalue weighted by Gasteiger charge is -2.32. The highest BCUT2D eigenvalue weighted by molar-refractivity contribution is 6.16. The number of aromatic nitrogens is 1. The maximum Gasteiger partial charge on any atom is 0.408 e. The molecule has 0 spiro atoms. The molecule has 1 fully saturated rings. The predicted octanol–water partition coefficient (Wildman–Crippen LogP) is 5.75. The van der Waals surface area contributed by atoms with Gasteiger partial charge in [-0.05, 0) is 79.5 Å². The molecule has 1 aliphatic carbocycles. The first-order valence-electron chi connectivity index (χ1n) is 19.4. The fourth-order valence-corrected chi connectivity index (χ4v) is 7.69. The Balaban J connectivity index is 1.35. The van der Waals surface area contributed by atoms with E-state index in [9.17, 15) is 33.9 Å². The highest BCUT2D eigenvalue weighted by Crippen LogP contribution is 2.41. The van der Waals surface area contributed by atoms with Crippen molar-refractivity contribution >= 4 is 57.4 Å². The fourth-order valence-electron chi connectivity index (χ4n) is 7.69. The Hall–Kier alpha value is -6.34. The quantitative estimate of drug-likeness (QED) is 0.0985. The molecule has 1 heterocycles. The Morgan fingerprint density at radius 1 is 0.828 bits per heavy atom. The summed E-state index contributed by atoms with van der Waals surface area (Å²) in [5, 5.41) is 17.7. The van der Waals surface area contributed by atoms with Crippen LogP contribution in [0.5, 0.6) is 0 Å². The number of aromatic amines is 1. The van der Waals surface area contributed by atoms with E-state index in [0.29, 0.717) is 29.7 Å². The van der Waals surface area contributed by atoms with Crippen molar-refractivity contribution in [2.24, 2.45) is 11.7 Å². The van der Waals surface area contributed by atoms with Crippen LogP contribution in [-0.4, -0.2) is 74.4 Å². The number of carboxylic acids is 1. The number of para-hydroxylation sites is 1. The molecule has 0 bridgehead atoms. The van der Waals surface area contributed by atoms with Crippen LogP contribution in [0.15, 0.2) is 103 Å². The van der Waals surface area contributed by atoms with Gasteiger partial charge in [0, 0.05) is 29.4 Å². The molecule has 13 nitrogen and oxygen atoms in total. The molecule has 0 radical (unpaired) electrons. The number of aliphatic carboxylic acids is 1. The van der Waals surface area contributed by atoms with E-state index in [1.54, 1.807) is 27.0 Å². The number of amides is 5. The Labute approximate surface area is 336 Å². The maximum absolute atomic E-state index is 15.0. The summed E-state index contributed by atoms with van der Waals surface area (Å²) in [5.74, 6) is -6.73. The minimum atomic E-state index is -1.87. The summed E-state index contributed by atoms with van der Waals surface area (Å²) in [5.41, 5.74) is 8.31. The third-order valence-corrected chi connectivity index (χ3v) is 10.4. The molecule has 302 valence electrons. The molecule has 5 aromatic rings. The second-order valence-corrected chi connectivity index (χ2v) is 15.8. The lowest BCUT2D eigenvalue weighted by Crippen LogP contribution is -2.61. The first-order valence-corrected chi connectivity index (χ1v) is 19.4. The van der Waals surface area contributed by atoms with Crippen molar-refractivity contribution in [1.82, 2.24) is 20.5 Å². The fraction of sp³-hybridized carbons (Fsp3) is 0.333. The summed E-state index contributed by atoms with van der Waals surface area (Å²) < 4.78 is 5.50. The van der Waals surface area contributed by atoms with E-state index in [0.717, 1.165) is 32.8 Å². The number of nitrogens with one attached hydrogen (secondary N) is 3. The monoisotopic (exact) mass is 787 g/mol. The van der Waals surface area contributed by atoms with E-state index in [2.05, 4.69) is 15.6 Å². The van der Waals surface area contributed by atoms with E-state index >= 15 is 0 Å². The van der Waals surface area contributed by atoms with Gasteiger partial charge >= 0.3 is 12.1 Å². The number of hydrogen-bond donors (Lipinski definition) is 5. The van der Waals surface area contributed by atoms with Gasteiger partial charge < -0.3 is 31.2 Å². The Bertz CT molecular complexity index is 2320. The molecule has 0 saturated heterocycles. The summed E-state index contributed by atoms with van der Waals surface area (Å²) in [4.78, 5) is 87.4. The molecule has 0 aliphatic heterocycles. The van der Waals surface area contributed by atoms with E-state index in [-0.39, 0.29) is 18.8 Å². The number of carboxylic acid groups (broad SMARTS) is 1. The van der Waals surface area contributed by atoms with Gasteiger partial charge in [-0.3, -0.25) is 24.0 Å². The smallest absolute Gasteiger partial charge is 0.408 e. The predicted molar refractivity (Wildman–Crippen MR) is 218 cm³/mol. The van der Waals surface area contributed by atoms with Gasteiger partial charge in [-0.15, -0.1) is 0 Å². The maximum atomic E-state index is 15.0. The topological polar surface area (TPSA) is 201 Å². The number of nitrogens with zero attached hydrogens (tertiary/aromatic N) is 1. The number of benzene rings is 4. The summed E-state index contributed by atoms with van der Waals surface area (Å²) in [7, 11) is 0. The summed E-state index contributed by atoms with van der Waals surface area (Å²) in [6.07, 6.45) is 1.20. The van der Waals surface area contributed by atoms with E-state index in [1.807, 2.05) is 97.1 Å². The lowest BCUT2D eigenvalue weighted by molar-refractivity contribution is -0.160. The highest BCUT2D eigenvalue weighted by Gasteiger charge is 2.45. The highest BCUT2D eigenvalue weighted by atomic mass is 16.6. The number of carbonyl (C=O) groups is 6. The van der Waals surface area contributed by atoms with Gasteiger partial charge in [-0.2, -0.15) is 0 Å². The van der Waals surface area contributed by atoms with Crippen molar-refractivity contribution in [3.8, 4) is 0 Å². The van der Waals surface area contributed by atoms with Crippen molar-refractivity contribution in [3.63, 3.8) is 0 Å². The Kier molecular flexibility index (Phi) is 12.7. The van der Waals surface area contributed by atoms with Crippen LogP contribution < -0.4 is 16.4 Å². The number of H-pyrrole nitrogens is 1. The zero-order valence-corrected chi connectivity index (χ0v) is 32.8. The van der Waals surface area contributed by atoms with Crippen LogP contribution in [0.1, 0.15) is 69.1 Å². The van der Waals surface area contributed by atoms with Gasteiger partial charge in [0.1, 0.15) is 17.7 Å². The minimum absolute atomic E-state index is 0.0551. The van der Waals surface area contributed by atoms with Crippen LogP contribution in [0.4, 0.5) is 4.79 Å². The Morgan fingerprint density at radius 2 is 1.50 bits per heavy atom. The van der Waals surface area contributed by atoms with Crippen molar-refractivity contribution < 1.29 is 38.6 Å². The number of imide groups is 3. The number of carbonyl (C=O) groups excluding carboxylic acids is 5.